The summed E-state index contributed by atoms with van der Waals surface area (Å²) in [5, 5.41) is 0. The Kier molecular flexibility index (Phi) is 2.17. The molecule has 2 aliphatic rings. The van der Waals surface area contributed by atoms with Crippen molar-refractivity contribution in [2.75, 3.05) is 0 Å². The van der Waals surface area contributed by atoms with E-state index in [2.05, 4.69) is 13.8 Å². The largest absolute Gasteiger partial charge is 0.272 e. The maximum absolute atomic E-state index is 11.4. The summed E-state index contributed by atoms with van der Waals surface area (Å²) in [6.45, 7) is 4.31. The van der Waals surface area contributed by atoms with E-state index in [1.54, 1.807) is 0 Å². The molecule has 0 unspecified atom stereocenters. The SMILES string of the molecule is C[C@@H]1[C@@H](C)CC[C@@H]1N1C(=O)C=CC1=O. The number of hydrogen-bond acceptors (Lipinski definition) is 2. The van der Waals surface area contributed by atoms with Gasteiger partial charge in [0.1, 0.15) is 0 Å². The van der Waals surface area contributed by atoms with E-state index in [-0.39, 0.29) is 17.9 Å². The normalized spacial score (nSPS) is 37.3. The van der Waals surface area contributed by atoms with Crippen LogP contribution in [-0.2, 0) is 9.59 Å². The first-order chi connectivity index (χ1) is 6.61. The lowest BCUT2D eigenvalue weighted by Crippen LogP contribution is -2.42. The average Bonchev–Trinajstić information content (AvgIpc) is 2.62. The molecule has 3 heteroatoms. The zero-order chi connectivity index (χ0) is 10.3. The summed E-state index contributed by atoms with van der Waals surface area (Å²) in [4.78, 5) is 24.3. The minimum absolute atomic E-state index is 0.125. The van der Waals surface area contributed by atoms with Crippen molar-refractivity contribution in [1.82, 2.24) is 4.90 Å². The highest BCUT2D eigenvalue weighted by Crippen LogP contribution is 2.35. The minimum Gasteiger partial charge on any atom is -0.272 e. The fourth-order valence-electron chi connectivity index (χ4n) is 2.44. The van der Waals surface area contributed by atoms with Crippen LogP contribution in [0.2, 0.25) is 0 Å². The quantitative estimate of drug-likeness (QED) is 0.589. The van der Waals surface area contributed by atoms with E-state index < -0.39 is 0 Å². The summed E-state index contributed by atoms with van der Waals surface area (Å²) in [5.74, 6) is 0.769. The van der Waals surface area contributed by atoms with Gasteiger partial charge in [0, 0.05) is 18.2 Å². The Morgan fingerprint density at radius 2 is 1.71 bits per heavy atom. The first kappa shape index (κ1) is 9.44. The van der Waals surface area contributed by atoms with Crippen LogP contribution in [0.3, 0.4) is 0 Å². The first-order valence-corrected chi connectivity index (χ1v) is 5.16. The highest BCUT2D eigenvalue weighted by molar-refractivity contribution is 6.13. The van der Waals surface area contributed by atoms with Crippen molar-refractivity contribution < 1.29 is 9.59 Å². The van der Waals surface area contributed by atoms with E-state index in [4.69, 9.17) is 0 Å². The molecule has 2 amide bonds. The van der Waals surface area contributed by atoms with Gasteiger partial charge in [-0.05, 0) is 24.7 Å². The zero-order valence-electron chi connectivity index (χ0n) is 8.56. The van der Waals surface area contributed by atoms with Crippen molar-refractivity contribution in [2.45, 2.75) is 32.7 Å². The van der Waals surface area contributed by atoms with Crippen LogP contribution in [-0.4, -0.2) is 22.8 Å². The van der Waals surface area contributed by atoms with Crippen LogP contribution in [0.5, 0.6) is 0 Å². The van der Waals surface area contributed by atoms with E-state index in [1.807, 2.05) is 0 Å². The van der Waals surface area contributed by atoms with Crippen LogP contribution in [0, 0.1) is 11.8 Å². The number of rotatable bonds is 1. The molecule has 0 aromatic rings. The molecule has 2 rings (SSSR count). The van der Waals surface area contributed by atoms with Crippen LogP contribution >= 0.6 is 0 Å². The van der Waals surface area contributed by atoms with Gasteiger partial charge in [0.25, 0.3) is 11.8 Å². The lowest BCUT2D eigenvalue weighted by atomic mass is 9.97. The van der Waals surface area contributed by atoms with Crippen molar-refractivity contribution in [3.63, 3.8) is 0 Å². The molecule has 0 spiro atoms. The number of imide groups is 1. The molecule has 0 N–H and O–H groups in total. The number of carbonyl (C=O) groups excluding carboxylic acids is 2. The third kappa shape index (κ3) is 1.27. The summed E-state index contributed by atoms with van der Waals surface area (Å²) in [7, 11) is 0. The molecule has 1 aliphatic carbocycles. The molecule has 0 radical (unpaired) electrons. The Bertz CT molecular complexity index is 290. The van der Waals surface area contributed by atoms with Crippen molar-refractivity contribution >= 4 is 11.8 Å². The fraction of sp³-hybridized carbons (Fsp3) is 0.636. The van der Waals surface area contributed by atoms with Gasteiger partial charge in [0.15, 0.2) is 0 Å². The second-order valence-electron chi connectivity index (χ2n) is 4.36. The Morgan fingerprint density at radius 3 is 2.14 bits per heavy atom. The third-order valence-electron chi connectivity index (χ3n) is 3.60. The standard InChI is InChI=1S/C11H15NO2/c1-7-3-4-9(8(7)2)12-10(13)5-6-11(12)14/h5-9H,3-4H2,1-2H3/t7-,8+,9-/m0/s1. The van der Waals surface area contributed by atoms with E-state index in [9.17, 15) is 9.59 Å². The second-order valence-corrected chi connectivity index (χ2v) is 4.36. The number of amides is 2. The second kappa shape index (κ2) is 3.23. The van der Waals surface area contributed by atoms with E-state index >= 15 is 0 Å². The monoisotopic (exact) mass is 193 g/mol. The van der Waals surface area contributed by atoms with E-state index in [0.29, 0.717) is 11.8 Å². The van der Waals surface area contributed by atoms with Gasteiger partial charge < -0.3 is 0 Å². The average molecular weight is 193 g/mol. The predicted molar refractivity (Wildman–Crippen MR) is 52.3 cm³/mol. The molecular weight excluding hydrogens is 178 g/mol. The van der Waals surface area contributed by atoms with E-state index in [0.717, 1.165) is 12.8 Å². The maximum atomic E-state index is 11.4. The molecule has 0 aromatic heterocycles. The van der Waals surface area contributed by atoms with Crippen molar-refractivity contribution in [3.05, 3.63) is 12.2 Å². The summed E-state index contributed by atoms with van der Waals surface area (Å²) in [5.41, 5.74) is 0. The Morgan fingerprint density at radius 1 is 1.14 bits per heavy atom. The van der Waals surface area contributed by atoms with Gasteiger partial charge in [0.2, 0.25) is 0 Å². The Hall–Kier alpha value is -1.12. The van der Waals surface area contributed by atoms with E-state index in [1.165, 1.54) is 17.1 Å². The molecule has 1 aliphatic heterocycles. The predicted octanol–water partition coefficient (Wildman–Crippen LogP) is 1.35. The Balaban J connectivity index is 2.16. The van der Waals surface area contributed by atoms with Gasteiger partial charge >= 0.3 is 0 Å². The summed E-state index contributed by atoms with van der Waals surface area (Å²) >= 11 is 0. The molecular formula is C11H15NO2. The van der Waals surface area contributed by atoms with Crippen molar-refractivity contribution in [2.24, 2.45) is 11.8 Å². The summed E-state index contributed by atoms with van der Waals surface area (Å²) < 4.78 is 0. The smallest absolute Gasteiger partial charge is 0.253 e. The third-order valence-corrected chi connectivity index (χ3v) is 3.60. The Labute approximate surface area is 83.8 Å². The highest BCUT2D eigenvalue weighted by atomic mass is 16.2. The molecule has 1 fully saturated rings. The first-order valence-electron chi connectivity index (χ1n) is 5.16. The number of hydrogen-bond donors (Lipinski definition) is 0. The number of nitrogens with zero attached hydrogens (tertiary/aromatic N) is 1. The summed E-state index contributed by atoms with van der Waals surface area (Å²) in [6.07, 6.45) is 4.82. The van der Waals surface area contributed by atoms with Crippen LogP contribution in [0.25, 0.3) is 0 Å². The minimum atomic E-state index is -0.138. The highest BCUT2D eigenvalue weighted by Gasteiger charge is 2.39. The molecule has 0 saturated heterocycles. The molecule has 1 heterocycles. The topological polar surface area (TPSA) is 37.4 Å². The number of carbonyl (C=O) groups is 2. The maximum Gasteiger partial charge on any atom is 0.253 e. The van der Waals surface area contributed by atoms with Crippen molar-refractivity contribution in [1.29, 1.82) is 0 Å². The van der Waals surface area contributed by atoms with Gasteiger partial charge in [-0.15, -0.1) is 0 Å². The zero-order valence-corrected chi connectivity index (χ0v) is 8.56. The van der Waals surface area contributed by atoms with Gasteiger partial charge in [-0.3, -0.25) is 14.5 Å². The molecule has 0 aromatic carbocycles. The van der Waals surface area contributed by atoms with Gasteiger partial charge in [-0.1, -0.05) is 13.8 Å². The summed E-state index contributed by atoms with van der Waals surface area (Å²) in [6, 6.07) is 0.125. The van der Waals surface area contributed by atoms with Gasteiger partial charge in [-0.2, -0.15) is 0 Å². The molecule has 3 atom stereocenters. The van der Waals surface area contributed by atoms with Crippen LogP contribution < -0.4 is 0 Å². The molecule has 3 nitrogen and oxygen atoms in total. The molecule has 76 valence electrons. The van der Waals surface area contributed by atoms with Crippen LogP contribution in [0.15, 0.2) is 12.2 Å². The van der Waals surface area contributed by atoms with Crippen LogP contribution in [0.1, 0.15) is 26.7 Å². The molecule has 0 bridgehead atoms. The fourth-order valence-corrected chi connectivity index (χ4v) is 2.44. The van der Waals surface area contributed by atoms with Crippen molar-refractivity contribution in [3.8, 4) is 0 Å². The van der Waals surface area contributed by atoms with Gasteiger partial charge in [-0.25, -0.2) is 0 Å². The lowest BCUT2D eigenvalue weighted by Gasteiger charge is -2.26. The molecule has 14 heavy (non-hydrogen) atoms. The van der Waals surface area contributed by atoms with Crippen LogP contribution in [0.4, 0.5) is 0 Å². The molecule has 1 saturated carbocycles. The van der Waals surface area contributed by atoms with Gasteiger partial charge in [0.05, 0.1) is 0 Å². The lowest BCUT2D eigenvalue weighted by molar-refractivity contribution is -0.140.